The van der Waals surface area contributed by atoms with Gasteiger partial charge in [-0.1, -0.05) is 35.3 Å². The zero-order valence-corrected chi connectivity index (χ0v) is 19.7. The predicted octanol–water partition coefficient (Wildman–Crippen LogP) is 5.04. The van der Waals surface area contributed by atoms with Crippen molar-refractivity contribution in [1.82, 2.24) is 9.47 Å². The maximum atomic E-state index is 12.7. The summed E-state index contributed by atoms with van der Waals surface area (Å²) in [6.45, 7) is 0.517. The van der Waals surface area contributed by atoms with E-state index in [1.165, 1.54) is 6.08 Å². The third kappa shape index (κ3) is 4.57. The van der Waals surface area contributed by atoms with Crippen LogP contribution in [0.5, 0.6) is 0 Å². The zero-order chi connectivity index (χ0) is 23.0. The smallest absolute Gasteiger partial charge is 0.267 e. The van der Waals surface area contributed by atoms with E-state index in [0.29, 0.717) is 15.6 Å². The summed E-state index contributed by atoms with van der Waals surface area (Å²) in [7, 11) is -2.09. The molecular formula is C23H22Cl2N2O4S. The molecule has 0 atom stereocenters. The second kappa shape index (κ2) is 8.90. The van der Waals surface area contributed by atoms with E-state index in [4.69, 9.17) is 23.2 Å². The Hall–Kier alpha value is -2.32. The Balaban J connectivity index is 1.61. The van der Waals surface area contributed by atoms with Gasteiger partial charge in [0.2, 0.25) is 5.91 Å². The molecule has 168 valence electrons. The molecule has 0 aliphatic carbocycles. The van der Waals surface area contributed by atoms with Gasteiger partial charge in [0.05, 0.1) is 15.3 Å². The molecule has 0 saturated carbocycles. The van der Waals surface area contributed by atoms with Crippen molar-refractivity contribution in [2.45, 2.75) is 18.1 Å². The first-order valence-electron chi connectivity index (χ1n) is 10.1. The molecule has 4 rings (SSSR count). The SMILES string of the molecule is Cn1ccc2cc(-c3ccc(Cl)c(Cl)c3/C=C/C(=O)N3CCC(S(=O)(=O)O)CC3)ccc21. The lowest BCUT2D eigenvalue weighted by Crippen LogP contribution is -2.41. The van der Waals surface area contributed by atoms with E-state index in [1.807, 2.05) is 42.1 Å². The molecule has 1 fully saturated rings. The third-order valence-electron chi connectivity index (χ3n) is 5.90. The lowest BCUT2D eigenvalue weighted by atomic mass is 9.98. The minimum Gasteiger partial charge on any atom is -0.351 e. The number of nitrogens with zero attached hydrogens (tertiary/aromatic N) is 2. The van der Waals surface area contributed by atoms with Gasteiger partial charge >= 0.3 is 0 Å². The normalized spacial score (nSPS) is 15.7. The lowest BCUT2D eigenvalue weighted by Gasteiger charge is -2.29. The summed E-state index contributed by atoms with van der Waals surface area (Å²) in [6, 6.07) is 11.7. The van der Waals surface area contributed by atoms with Gasteiger partial charge in [0.1, 0.15) is 0 Å². The van der Waals surface area contributed by atoms with Gasteiger partial charge in [-0.25, -0.2) is 0 Å². The van der Waals surface area contributed by atoms with E-state index in [0.717, 1.165) is 22.0 Å². The maximum Gasteiger partial charge on any atom is 0.267 e. The van der Waals surface area contributed by atoms with Crippen LogP contribution in [0.3, 0.4) is 0 Å². The fraction of sp³-hybridized carbons (Fsp3) is 0.261. The van der Waals surface area contributed by atoms with E-state index < -0.39 is 15.4 Å². The van der Waals surface area contributed by atoms with Crippen molar-refractivity contribution >= 4 is 56.2 Å². The molecule has 1 saturated heterocycles. The second-order valence-electron chi connectivity index (χ2n) is 7.90. The molecule has 0 unspecified atom stereocenters. The number of aryl methyl sites for hydroxylation is 1. The van der Waals surface area contributed by atoms with Crippen LogP contribution in [0, 0.1) is 0 Å². The average molecular weight is 493 g/mol. The van der Waals surface area contributed by atoms with Gasteiger partial charge < -0.3 is 9.47 Å². The Kier molecular flexibility index (Phi) is 6.36. The van der Waals surface area contributed by atoms with Crippen molar-refractivity contribution in [2.75, 3.05) is 13.1 Å². The number of amides is 1. The highest BCUT2D eigenvalue weighted by atomic mass is 35.5. The number of rotatable bonds is 4. The number of likely N-dealkylation sites (tertiary alicyclic amines) is 1. The Morgan fingerprint density at radius 1 is 1.12 bits per heavy atom. The van der Waals surface area contributed by atoms with Crippen LogP contribution >= 0.6 is 23.2 Å². The zero-order valence-electron chi connectivity index (χ0n) is 17.3. The van der Waals surface area contributed by atoms with E-state index in [1.54, 1.807) is 17.0 Å². The summed E-state index contributed by atoms with van der Waals surface area (Å²) in [5, 5.41) is 1.00. The molecule has 2 heterocycles. The summed E-state index contributed by atoms with van der Waals surface area (Å²) < 4.78 is 33.9. The lowest BCUT2D eigenvalue weighted by molar-refractivity contribution is -0.126. The number of hydrogen-bond acceptors (Lipinski definition) is 3. The quantitative estimate of drug-likeness (QED) is 0.408. The van der Waals surface area contributed by atoms with Crippen molar-refractivity contribution < 1.29 is 17.8 Å². The number of hydrogen-bond donors (Lipinski definition) is 1. The van der Waals surface area contributed by atoms with Crippen LogP contribution in [0.15, 0.2) is 48.7 Å². The van der Waals surface area contributed by atoms with Crippen molar-refractivity contribution in [1.29, 1.82) is 0 Å². The van der Waals surface area contributed by atoms with E-state index >= 15 is 0 Å². The summed E-state index contributed by atoms with van der Waals surface area (Å²) in [6.07, 6.45) is 5.48. The Morgan fingerprint density at radius 3 is 2.53 bits per heavy atom. The van der Waals surface area contributed by atoms with Gasteiger partial charge in [-0.15, -0.1) is 0 Å². The van der Waals surface area contributed by atoms with Gasteiger partial charge in [-0.3, -0.25) is 9.35 Å². The van der Waals surface area contributed by atoms with Gasteiger partial charge in [0.25, 0.3) is 10.1 Å². The number of halogens is 2. The maximum absolute atomic E-state index is 12.7. The van der Waals surface area contributed by atoms with Crippen LogP contribution in [0.25, 0.3) is 28.1 Å². The largest absolute Gasteiger partial charge is 0.351 e. The van der Waals surface area contributed by atoms with E-state index in [-0.39, 0.29) is 31.8 Å². The van der Waals surface area contributed by atoms with Gasteiger partial charge in [0.15, 0.2) is 0 Å². The first-order valence-corrected chi connectivity index (χ1v) is 12.4. The summed E-state index contributed by atoms with van der Waals surface area (Å²) >= 11 is 12.8. The minimum atomic E-state index is -4.08. The molecule has 9 heteroatoms. The fourth-order valence-corrected chi connectivity index (χ4v) is 5.26. The van der Waals surface area contributed by atoms with Gasteiger partial charge in [-0.05, 0) is 54.3 Å². The number of aromatic nitrogens is 1. The van der Waals surface area contributed by atoms with Gasteiger partial charge in [-0.2, -0.15) is 8.42 Å². The Labute approximate surface area is 196 Å². The summed E-state index contributed by atoms with van der Waals surface area (Å²) in [5.41, 5.74) is 3.53. The molecule has 1 N–H and O–H groups in total. The molecular weight excluding hydrogens is 471 g/mol. The number of fused-ring (bicyclic) bond motifs is 1. The highest BCUT2D eigenvalue weighted by Gasteiger charge is 2.29. The Morgan fingerprint density at radius 2 is 1.84 bits per heavy atom. The molecule has 0 radical (unpaired) electrons. The first kappa shape index (κ1) is 22.9. The summed E-state index contributed by atoms with van der Waals surface area (Å²) in [5.74, 6) is -0.251. The number of benzene rings is 2. The highest BCUT2D eigenvalue weighted by Crippen LogP contribution is 2.36. The topological polar surface area (TPSA) is 79.6 Å². The van der Waals surface area contributed by atoms with Gasteiger partial charge in [0, 0.05) is 48.9 Å². The van der Waals surface area contributed by atoms with Crippen LogP contribution in [0.2, 0.25) is 10.0 Å². The molecule has 2 aromatic carbocycles. The van der Waals surface area contributed by atoms with Crippen LogP contribution in [-0.2, 0) is 22.0 Å². The molecule has 1 aromatic heterocycles. The number of piperidine rings is 1. The van der Waals surface area contributed by atoms with Crippen LogP contribution in [0.4, 0.5) is 0 Å². The molecule has 0 spiro atoms. The van der Waals surface area contributed by atoms with Crippen molar-refractivity contribution in [2.24, 2.45) is 7.05 Å². The molecule has 6 nitrogen and oxygen atoms in total. The molecule has 3 aromatic rings. The fourth-order valence-electron chi connectivity index (χ4n) is 4.06. The molecule has 1 aliphatic rings. The molecule has 1 aliphatic heterocycles. The highest BCUT2D eigenvalue weighted by molar-refractivity contribution is 7.86. The number of carbonyl (C=O) groups excluding carboxylic acids is 1. The molecule has 0 bridgehead atoms. The second-order valence-corrected chi connectivity index (χ2v) is 10.4. The average Bonchev–Trinajstić information content (AvgIpc) is 3.14. The summed E-state index contributed by atoms with van der Waals surface area (Å²) in [4.78, 5) is 14.3. The standard InChI is InChI=1S/C23H22Cl2N2O4S/c1-26-11-8-16-14-15(2-6-21(16)26)18-3-5-20(24)23(25)19(18)4-7-22(28)27-12-9-17(10-13-27)32(29,30)31/h2-8,11,14,17H,9-10,12-13H2,1H3,(H,29,30,31)/b7-4+. The van der Waals surface area contributed by atoms with Crippen LogP contribution in [0.1, 0.15) is 18.4 Å². The van der Waals surface area contributed by atoms with Crippen molar-refractivity contribution in [3.8, 4) is 11.1 Å². The van der Waals surface area contributed by atoms with E-state index in [9.17, 15) is 17.8 Å². The Bertz CT molecular complexity index is 1320. The molecule has 32 heavy (non-hydrogen) atoms. The monoisotopic (exact) mass is 492 g/mol. The van der Waals surface area contributed by atoms with Crippen molar-refractivity contribution in [3.05, 3.63) is 64.3 Å². The third-order valence-corrected chi connectivity index (χ3v) is 8.03. The van der Waals surface area contributed by atoms with E-state index in [2.05, 4.69) is 6.07 Å². The van der Waals surface area contributed by atoms with Crippen molar-refractivity contribution in [3.63, 3.8) is 0 Å². The predicted molar refractivity (Wildman–Crippen MR) is 129 cm³/mol. The van der Waals surface area contributed by atoms with Crippen LogP contribution < -0.4 is 0 Å². The minimum absolute atomic E-state index is 0.207. The van der Waals surface area contributed by atoms with Crippen LogP contribution in [-0.4, -0.2) is 46.7 Å². The number of carbonyl (C=O) groups is 1. The molecule has 1 amide bonds. The first-order chi connectivity index (χ1) is 15.1.